The van der Waals surface area contributed by atoms with Gasteiger partial charge < -0.3 is 9.30 Å². The second kappa shape index (κ2) is 4.41. The van der Waals surface area contributed by atoms with E-state index in [2.05, 4.69) is 4.98 Å². The van der Waals surface area contributed by atoms with Crippen LogP contribution in [0.2, 0.25) is 0 Å². The minimum absolute atomic E-state index is 0.229. The van der Waals surface area contributed by atoms with E-state index in [9.17, 15) is 4.21 Å². The smallest absolute Gasteiger partial charge is 0.232 e. The van der Waals surface area contributed by atoms with E-state index < -0.39 is 10.8 Å². The van der Waals surface area contributed by atoms with Gasteiger partial charge in [0.05, 0.1) is 17.0 Å². The average molecular weight is 202 g/mol. The molecule has 4 nitrogen and oxygen atoms in total. The minimum atomic E-state index is -0.896. The van der Waals surface area contributed by atoms with Crippen LogP contribution in [0.5, 0.6) is 5.88 Å². The largest absolute Gasteiger partial charge is 0.463 e. The third-order valence-corrected chi connectivity index (χ3v) is 2.77. The summed E-state index contributed by atoms with van der Waals surface area (Å²) in [5, 5.41) is 0. The molecule has 5 heteroatoms. The molecule has 0 saturated heterocycles. The molecule has 13 heavy (non-hydrogen) atoms. The van der Waals surface area contributed by atoms with Crippen LogP contribution in [0.3, 0.4) is 0 Å². The van der Waals surface area contributed by atoms with Crippen LogP contribution in [0.1, 0.15) is 12.7 Å². The molecule has 0 amide bonds. The lowest BCUT2D eigenvalue weighted by Crippen LogP contribution is -2.06. The first kappa shape index (κ1) is 10.2. The first-order valence-electron chi connectivity index (χ1n) is 4.11. The van der Waals surface area contributed by atoms with E-state index >= 15 is 0 Å². The highest BCUT2D eigenvalue weighted by Crippen LogP contribution is 2.08. The van der Waals surface area contributed by atoms with Crippen molar-refractivity contribution in [2.45, 2.75) is 13.8 Å². The normalized spacial score (nSPS) is 12.8. The topological polar surface area (TPSA) is 44.1 Å². The van der Waals surface area contributed by atoms with E-state index in [4.69, 9.17) is 4.74 Å². The Morgan fingerprint density at radius 3 is 2.85 bits per heavy atom. The molecule has 0 aliphatic heterocycles. The fourth-order valence-electron chi connectivity index (χ4n) is 0.805. The summed E-state index contributed by atoms with van der Waals surface area (Å²) in [6.45, 7) is 3.76. The Hall–Kier alpha value is -0.840. The molecule has 0 bridgehead atoms. The van der Waals surface area contributed by atoms with Gasteiger partial charge in [-0.1, -0.05) is 6.92 Å². The number of hydrogen-bond donors (Lipinski definition) is 0. The van der Waals surface area contributed by atoms with E-state index in [0.717, 1.165) is 5.82 Å². The number of hydrogen-bond acceptors (Lipinski definition) is 3. The Labute approximate surface area is 80.4 Å². The van der Waals surface area contributed by atoms with Crippen LogP contribution in [-0.4, -0.2) is 25.5 Å². The Kier molecular flexibility index (Phi) is 3.48. The lowest BCUT2D eigenvalue weighted by atomic mass is 10.7. The van der Waals surface area contributed by atoms with Crippen LogP contribution < -0.4 is 4.74 Å². The van der Waals surface area contributed by atoms with Gasteiger partial charge >= 0.3 is 0 Å². The molecule has 0 fully saturated rings. The lowest BCUT2D eigenvalue weighted by Gasteiger charge is -1.99. The average Bonchev–Trinajstić information content (AvgIpc) is 2.42. The molecule has 1 heterocycles. The quantitative estimate of drug-likeness (QED) is 0.726. The maximum absolute atomic E-state index is 11.0. The fraction of sp³-hybridized carbons (Fsp3) is 0.625. The maximum atomic E-state index is 11.0. The Balaban J connectivity index is 2.50. The number of rotatable bonds is 4. The van der Waals surface area contributed by atoms with Gasteiger partial charge in [-0.2, -0.15) is 4.98 Å². The maximum Gasteiger partial charge on any atom is 0.232 e. The first-order valence-corrected chi connectivity index (χ1v) is 5.60. The zero-order valence-corrected chi connectivity index (χ0v) is 8.93. The molecule has 0 aliphatic rings. The molecule has 0 aliphatic carbocycles. The second-order valence-electron chi connectivity index (χ2n) is 2.73. The van der Waals surface area contributed by atoms with E-state index in [1.54, 1.807) is 6.20 Å². The number of imidazole rings is 1. The first-order chi connectivity index (χ1) is 6.13. The SMILES string of the molecule is CCS(=O)COc1cn(C)c(C)n1. The van der Waals surface area contributed by atoms with Gasteiger partial charge in [-0.05, 0) is 6.92 Å². The van der Waals surface area contributed by atoms with Gasteiger partial charge in [0.25, 0.3) is 0 Å². The van der Waals surface area contributed by atoms with Crippen molar-refractivity contribution in [3.05, 3.63) is 12.0 Å². The number of nitrogens with zero attached hydrogens (tertiary/aromatic N) is 2. The van der Waals surface area contributed by atoms with Gasteiger partial charge in [0.1, 0.15) is 5.82 Å². The van der Waals surface area contributed by atoms with Crippen molar-refractivity contribution in [2.24, 2.45) is 7.05 Å². The molecule has 1 aromatic heterocycles. The summed E-state index contributed by atoms with van der Waals surface area (Å²) in [4.78, 5) is 4.12. The van der Waals surface area contributed by atoms with E-state index in [1.165, 1.54) is 0 Å². The Morgan fingerprint density at radius 2 is 2.38 bits per heavy atom. The van der Waals surface area contributed by atoms with Crippen LogP contribution in [0, 0.1) is 6.92 Å². The zero-order chi connectivity index (χ0) is 9.84. The summed E-state index contributed by atoms with van der Waals surface area (Å²) in [5.41, 5.74) is 0. The van der Waals surface area contributed by atoms with Crippen molar-refractivity contribution < 1.29 is 8.95 Å². The minimum Gasteiger partial charge on any atom is -0.463 e. The van der Waals surface area contributed by atoms with Crippen molar-refractivity contribution in [1.29, 1.82) is 0 Å². The highest BCUT2D eigenvalue weighted by Gasteiger charge is 2.03. The molecule has 74 valence electrons. The van der Waals surface area contributed by atoms with Crippen molar-refractivity contribution in [1.82, 2.24) is 9.55 Å². The molecule has 1 aromatic rings. The second-order valence-corrected chi connectivity index (χ2v) is 4.42. The molecule has 0 spiro atoms. The number of aryl methyl sites for hydroxylation is 2. The van der Waals surface area contributed by atoms with Crippen molar-refractivity contribution in [3.8, 4) is 5.88 Å². The van der Waals surface area contributed by atoms with E-state index in [1.807, 2.05) is 25.5 Å². The van der Waals surface area contributed by atoms with Crippen molar-refractivity contribution >= 4 is 10.8 Å². The van der Waals surface area contributed by atoms with Crippen LogP contribution >= 0.6 is 0 Å². The summed E-state index contributed by atoms with van der Waals surface area (Å²) in [5.74, 6) is 2.28. The monoisotopic (exact) mass is 202 g/mol. The van der Waals surface area contributed by atoms with E-state index in [-0.39, 0.29) is 5.94 Å². The van der Waals surface area contributed by atoms with Crippen molar-refractivity contribution in [3.63, 3.8) is 0 Å². The third kappa shape index (κ3) is 2.84. The van der Waals surface area contributed by atoms with Gasteiger partial charge in [-0.15, -0.1) is 0 Å². The molecule has 1 rings (SSSR count). The summed E-state index contributed by atoms with van der Waals surface area (Å²) in [6.07, 6.45) is 1.78. The van der Waals surface area contributed by atoms with E-state index in [0.29, 0.717) is 11.6 Å². The molecule has 0 saturated carbocycles. The van der Waals surface area contributed by atoms with Crippen LogP contribution in [0.4, 0.5) is 0 Å². The molecule has 0 radical (unpaired) electrons. The van der Waals surface area contributed by atoms with Crippen LogP contribution in [0.25, 0.3) is 0 Å². The summed E-state index contributed by atoms with van der Waals surface area (Å²) in [6, 6.07) is 0. The Morgan fingerprint density at radius 1 is 1.69 bits per heavy atom. The molecule has 0 aromatic carbocycles. The third-order valence-electron chi connectivity index (χ3n) is 1.75. The predicted molar refractivity (Wildman–Crippen MR) is 52.1 cm³/mol. The standard InChI is InChI=1S/C8H14N2O2S/c1-4-13(11)6-12-8-5-10(3)7(2)9-8/h5H,4,6H2,1-3H3. The van der Waals surface area contributed by atoms with Gasteiger partial charge in [0, 0.05) is 12.8 Å². The Bertz CT molecular complexity index is 290. The molecular formula is C8H14N2O2S. The number of aromatic nitrogens is 2. The molecule has 1 atom stereocenters. The lowest BCUT2D eigenvalue weighted by molar-refractivity contribution is 0.372. The van der Waals surface area contributed by atoms with Crippen LogP contribution in [-0.2, 0) is 17.8 Å². The zero-order valence-electron chi connectivity index (χ0n) is 8.11. The summed E-state index contributed by atoms with van der Waals surface area (Å²) in [7, 11) is 0.999. The fourth-order valence-corrected chi connectivity index (χ4v) is 1.22. The predicted octanol–water partition coefficient (Wildman–Crippen LogP) is 0.833. The van der Waals surface area contributed by atoms with Gasteiger partial charge in [-0.25, -0.2) is 0 Å². The summed E-state index contributed by atoms with van der Waals surface area (Å²) < 4.78 is 18.1. The van der Waals surface area contributed by atoms with Gasteiger partial charge in [0.2, 0.25) is 5.88 Å². The molecular weight excluding hydrogens is 188 g/mol. The highest BCUT2D eigenvalue weighted by atomic mass is 32.2. The van der Waals surface area contributed by atoms with Crippen LogP contribution in [0.15, 0.2) is 6.20 Å². The number of ether oxygens (including phenoxy) is 1. The van der Waals surface area contributed by atoms with Gasteiger partial charge in [0.15, 0.2) is 5.94 Å². The molecule has 1 unspecified atom stereocenters. The highest BCUT2D eigenvalue weighted by molar-refractivity contribution is 7.84. The molecule has 0 N–H and O–H groups in total. The summed E-state index contributed by atoms with van der Waals surface area (Å²) >= 11 is 0. The van der Waals surface area contributed by atoms with Gasteiger partial charge in [-0.3, -0.25) is 4.21 Å². The van der Waals surface area contributed by atoms with Crippen molar-refractivity contribution in [2.75, 3.05) is 11.7 Å².